The van der Waals surface area contributed by atoms with Crippen molar-refractivity contribution in [2.24, 2.45) is 0 Å². The van der Waals surface area contributed by atoms with Crippen LogP contribution in [0.25, 0.3) is 0 Å². The van der Waals surface area contributed by atoms with Crippen molar-refractivity contribution in [2.45, 2.75) is 37.1 Å². The van der Waals surface area contributed by atoms with Gasteiger partial charge in [-0.25, -0.2) is 0 Å². The zero-order chi connectivity index (χ0) is 16.2. The van der Waals surface area contributed by atoms with Crippen LogP contribution in [-0.2, 0) is 17.2 Å². The maximum Gasteiger partial charge on any atom is 0.252 e. The van der Waals surface area contributed by atoms with Gasteiger partial charge in [0.15, 0.2) is 0 Å². The van der Waals surface area contributed by atoms with E-state index >= 15 is 0 Å². The third-order valence-corrected chi connectivity index (χ3v) is 5.68. The average Bonchev–Trinajstić information content (AvgIpc) is 2.61. The number of nitrogens with one attached hydrogen (secondary N) is 1. The number of benzene rings is 2. The summed E-state index contributed by atoms with van der Waals surface area (Å²) < 4.78 is 12.2. The van der Waals surface area contributed by atoms with Gasteiger partial charge in [-0.05, 0) is 42.5 Å². The number of hydrogen-bond acceptors (Lipinski definition) is 2. The lowest BCUT2D eigenvalue weighted by Gasteiger charge is -2.26. The standard InChI is InChI=1S/C19H21NO2S/c1-2-23(22)18-13-6-5-11-16(18)19(21)20-17-12-7-9-14-8-3-4-10-15(14)17/h3-6,8,10-11,13,17H,2,7,9,12H2,1H3,(H,20,21)/t17-,23+/m1/s1. The minimum atomic E-state index is -1.14. The maximum absolute atomic E-state index is 12.7. The number of rotatable bonds is 4. The molecule has 1 amide bonds. The van der Waals surface area contributed by atoms with Crippen LogP contribution in [-0.4, -0.2) is 15.9 Å². The summed E-state index contributed by atoms with van der Waals surface area (Å²) in [4.78, 5) is 13.3. The summed E-state index contributed by atoms with van der Waals surface area (Å²) in [6.45, 7) is 1.86. The Morgan fingerprint density at radius 2 is 1.91 bits per heavy atom. The largest absolute Gasteiger partial charge is 0.345 e. The van der Waals surface area contributed by atoms with Crippen molar-refractivity contribution in [3.63, 3.8) is 0 Å². The molecule has 0 saturated carbocycles. The van der Waals surface area contributed by atoms with E-state index in [2.05, 4.69) is 17.4 Å². The molecule has 0 fully saturated rings. The van der Waals surface area contributed by atoms with E-state index < -0.39 is 10.8 Å². The van der Waals surface area contributed by atoms with E-state index in [-0.39, 0.29) is 11.9 Å². The highest BCUT2D eigenvalue weighted by Crippen LogP contribution is 2.30. The van der Waals surface area contributed by atoms with E-state index in [0.29, 0.717) is 16.2 Å². The van der Waals surface area contributed by atoms with Crippen molar-refractivity contribution in [2.75, 3.05) is 5.75 Å². The number of fused-ring (bicyclic) bond motifs is 1. The van der Waals surface area contributed by atoms with Crippen molar-refractivity contribution in [1.82, 2.24) is 5.32 Å². The third-order valence-electron chi connectivity index (χ3n) is 4.31. The van der Waals surface area contributed by atoms with Crippen LogP contribution in [0.3, 0.4) is 0 Å². The van der Waals surface area contributed by atoms with Crippen LogP contribution in [0.4, 0.5) is 0 Å². The SMILES string of the molecule is CC[S@](=O)c1ccccc1C(=O)N[C@@H]1CCCc2ccccc21. The van der Waals surface area contributed by atoms with E-state index in [9.17, 15) is 9.00 Å². The number of carbonyl (C=O) groups is 1. The molecule has 0 unspecified atom stereocenters. The number of hydrogen-bond donors (Lipinski definition) is 1. The number of amides is 1. The van der Waals surface area contributed by atoms with E-state index in [0.717, 1.165) is 19.3 Å². The Labute approximate surface area is 139 Å². The summed E-state index contributed by atoms with van der Waals surface area (Å²) in [6, 6.07) is 15.5. The predicted molar refractivity (Wildman–Crippen MR) is 93.0 cm³/mol. The molecule has 0 bridgehead atoms. The van der Waals surface area contributed by atoms with Crippen molar-refractivity contribution in [1.29, 1.82) is 0 Å². The molecular formula is C19H21NO2S. The second-order valence-electron chi connectivity index (χ2n) is 5.75. The fourth-order valence-electron chi connectivity index (χ4n) is 3.15. The molecule has 0 heterocycles. The molecule has 1 aliphatic carbocycles. The predicted octanol–water partition coefficient (Wildman–Crippen LogP) is 3.62. The van der Waals surface area contributed by atoms with Gasteiger partial charge in [0, 0.05) is 5.75 Å². The molecule has 0 aliphatic heterocycles. The summed E-state index contributed by atoms with van der Waals surface area (Å²) in [6.07, 6.45) is 3.09. The van der Waals surface area contributed by atoms with Crippen molar-refractivity contribution in [3.8, 4) is 0 Å². The monoisotopic (exact) mass is 327 g/mol. The highest BCUT2D eigenvalue weighted by Gasteiger charge is 2.23. The third kappa shape index (κ3) is 3.37. The highest BCUT2D eigenvalue weighted by atomic mass is 32.2. The molecule has 0 spiro atoms. The Balaban J connectivity index is 1.85. The molecule has 2 aromatic carbocycles. The van der Waals surface area contributed by atoms with Crippen LogP contribution >= 0.6 is 0 Å². The van der Waals surface area contributed by atoms with Gasteiger partial charge in [-0.1, -0.05) is 43.3 Å². The van der Waals surface area contributed by atoms with Crippen LogP contribution in [0.5, 0.6) is 0 Å². The highest BCUT2D eigenvalue weighted by molar-refractivity contribution is 7.85. The molecule has 2 aromatic rings. The Morgan fingerprint density at radius 3 is 2.74 bits per heavy atom. The van der Waals surface area contributed by atoms with Gasteiger partial charge in [0.05, 0.1) is 27.3 Å². The molecule has 1 N–H and O–H groups in total. The van der Waals surface area contributed by atoms with Crippen molar-refractivity contribution in [3.05, 3.63) is 65.2 Å². The molecule has 0 radical (unpaired) electrons. The molecule has 0 aromatic heterocycles. The van der Waals surface area contributed by atoms with Gasteiger partial charge in [-0.3, -0.25) is 9.00 Å². The first kappa shape index (κ1) is 15.9. The van der Waals surface area contributed by atoms with E-state index in [1.54, 1.807) is 12.1 Å². The van der Waals surface area contributed by atoms with Gasteiger partial charge in [0.2, 0.25) is 0 Å². The molecule has 1 aliphatic rings. The molecular weight excluding hydrogens is 306 g/mol. The first-order valence-electron chi connectivity index (χ1n) is 8.06. The van der Waals surface area contributed by atoms with Crippen LogP contribution in [0, 0.1) is 0 Å². The van der Waals surface area contributed by atoms with E-state index in [1.807, 2.05) is 31.2 Å². The Morgan fingerprint density at radius 1 is 1.17 bits per heavy atom. The summed E-state index contributed by atoms with van der Waals surface area (Å²) in [7, 11) is -1.14. The molecule has 3 rings (SSSR count). The number of aryl methyl sites for hydroxylation is 1. The first-order valence-corrected chi connectivity index (χ1v) is 9.38. The van der Waals surface area contributed by atoms with E-state index in [1.165, 1.54) is 11.1 Å². The lowest BCUT2D eigenvalue weighted by Crippen LogP contribution is -2.31. The lowest BCUT2D eigenvalue weighted by molar-refractivity contribution is 0.0929. The van der Waals surface area contributed by atoms with Gasteiger partial charge in [0.1, 0.15) is 0 Å². The van der Waals surface area contributed by atoms with Crippen LogP contribution in [0.15, 0.2) is 53.4 Å². The molecule has 2 atom stereocenters. The van der Waals surface area contributed by atoms with Crippen molar-refractivity contribution >= 4 is 16.7 Å². The summed E-state index contributed by atoms with van der Waals surface area (Å²) in [5, 5.41) is 3.14. The quantitative estimate of drug-likeness (QED) is 0.932. The fraction of sp³-hybridized carbons (Fsp3) is 0.316. The van der Waals surface area contributed by atoms with Gasteiger partial charge in [-0.2, -0.15) is 0 Å². The minimum absolute atomic E-state index is 0.0376. The first-order chi connectivity index (χ1) is 11.2. The van der Waals surface area contributed by atoms with Crippen LogP contribution in [0.1, 0.15) is 47.3 Å². The molecule has 4 heteroatoms. The second-order valence-corrected chi connectivity index (χ2v) is 7.46. The van der Waals surface area contributed by atoms with Gasteiger partial charge in [0.25, 0.3) is 5.91 Å². The molecule has 23 heavy (non-hydrogen) atoms. The van der Waals surface area contributed by atoms with E-state index in [4.69, 9.17) is 0 Å². The van der Waals surface area contributed by atoms with Gasteiger partial charge < -0.3 is 5.32 Å². The minimum Gasteiger partial charge on any atom is -0.345 e. The average molecular weight is 327 g/mol. The topological polar surface area (TPSA) is 46.2 Å². The van der Waals surface area contributed by atoms with Gasteiger partial charge in [-0.15, -0.1) is 0 Å². The van der Waals surface area contributed by atoms with Crippen LogP contribution in [0.2, 0.25) is 0 Å². The second kappa shape index (κ2) is 7.09. The number of carbonyl (C=O) groups excluding carboxylic acids is 1. The zero-order valence-corrected chi connectivity index (χ0v) is 14.1. The smallest absolute Gasteiger partial charge is 0.252 e. The van der Waals surface area contributed by atoms with Gasteiger partial charge >= 0.3 is 0 Å². The normalized spacial score (nSPS) is 18.0. The molecule has 0 saturated heterocycles. The summed E-state index contributed by atoms with van der Waals surface area (Å²) in [5.41, 5.74) is 3.05. The summed E-state index contributed by atoms with van der Waals surface area (Å²) >= 11 is 0. The lowest BCUT2D eigenvalue weighted by atomic mass is 9.87. The van der Waals surface area contributed by atoms with Crippen molar-refractivity contribution < 1.29 is 9.00 Å². The molecule has 120 valence electrons. The molecule has 3 nitrogen and oxygen atoms in total. The maximum atomic E-state index is 12.7. The Hall–Kier alpha value is -1.94. The zero-order valence-electron chi connectivity index (χ0n) is 13.2. The summed E-state index contributed by atoms with van der Waals surface area (Å²) in [5.74, 6) is 0.375. The Bertz CT molecular complexity index is 742. The Kier molecular flexibility index (Phi) is 4.91. The van der Waals surface area contributed by atoms with Crippen LogP contribution < -0.4 is 5.32 Å². The fourth-order valence-corrected chi connectivity index (χ4v) is 4.10.